The molecule has 0 saturated carbocycles. The van der Waals surface area contributed by atoms with Gasteiger partial charge in [0.15, 0.2) is 6.29 Å². The second-order valence-electron chi connectivity index (χ2n) is 5.20. The molecule has 0 radical (unpaired) electrons. The van der Waals surface area contributed by atoms with Crippen molar-refractivity contribution >= 4 is 0 Å². The number of ether oxygens (including phenoxy) is 2. The van der Waals surface area contributed by atoms with Gasteiger partial charge in [0.1, 0.15) is 0 Å². The smallest absolute Gasteiger partial charge is 0.177 e. The molecule has 2 nitrogen and oxygen atoms in total. The average molecular weight is 266 g/mol. The second-order valence-corrected chi connectivity index (χ2v) is 5.20. The van der Waals surface area contributed by atoms with Crippen LogP contribution in [0.15, 0.2) is 23.8 Å². The molecule has 2 heteroatoms. The zero-order chi connectivity index (χ0) is 13.9. The fourth-order valence-corrected chi connectivity index (χ4v) is 2.51. The minimum Gasteiger partial charge on any atom is -0.349 e. The number of rotatable bonds is 9. The summed E-state index contributed by atoms with van der Waals surface area (Å²) >= 11 is 0. The highest BCUT2D eigenvalue weighted by Crippen LogP contribution is 2.28. The maximum Gasteiger partial charge on any atom is 0.177 e. The highest BCUT2D eigenvalue weighted by Gasteiger charge is 2.12. The van der Waals surface area contributed by atoms with Crippen molar-refractivity contribution in [3.05, 3.63) is 23.8 Å². The SMILES string of the molecule is CCCCC1CC=C(C=CC(OCC)OCC)CC1. The van der Waals surface area contributed by atoms with E-state index in [0.717, 1.165) is 5.92 Å². The summed E-state index contributed by atoms with van der Waals surface area (Å²) in [5.74, 6) is 0.909. The first-order valence-electron chi connectivity index (χ1n) is 7.90. The molecule has 0 saturated heterocycles. The molecule has 0 spiro atoms. The van der Waals surface area contributed by atoms with Crippen molar-refractivity contribution in [2.45, 2.75) is 65.6 Å². The molecule has 110 valence electrons. The van der Waals surface area contributed by atoms with Gasteiger partial charge in [-0.2, -0.15) is 0 Å². The van der Waals surface area contributed by atoms with Crippen LogP contribution in [0.5, 0.6) is 0 Å². The molecule has 0 aliphatic heterocycles. The van der Waals surface area contributed by atoms with Crippen LogP contribution in [0.25, 0.3) is 0 Å². The van der Waals surface area contributed by atoms with E-state index < -0.39 is 0 Å². The number of hydrogen-bond donors (Lipinski definition) is 0. The second kappa shape index (κ2) is 10.2. The fraction of sp³-hybridized carbons (Fsp3) is 0.765. The minimum absolute atomic E-state index is 0.186. The van der Waals surface area contributed by atoms with Crippen LogP contribution in [0.1, 0.15) is 59.3 Å². The molecular formula is C17H30O2. The molecule has 0 fully saturated rings. The van der Waals surface area contributed by atoms with E-state index in [0.29, 0.717) is 13.2 Å². The summed E-state index contributed by atoms with van der Waals surface area (Å²) in [6, 6.07) is 0. The van der Waals surface area contributed by atoms with Crippen molar-refractivity contribution in [3.8, 4) is 0 Å². The lowest BCUT2D eigenvalue weighted by molar-refractivity contribution is -0.103. The van der Waals surface area contributed by atoms with Crippen LogP contribution in [-0.4, -0.2) is 19.5 Å². The Hall–Kier alpha value is -0.600. The molecule has 0 heterocycles. The van der Waals surface area contributed by atoms with Crippen LogP contribution in [0.2, 0.25) is 0 Å². The van der Waals surface area contributed by atoms with Gasteiger partial charge < -0.3 is 9.47 Å². The van der Waals surface area contributed by atoms with Gasteiger partial charge in [0.05, 0.1) is 0 Å². The average Bonchev–Trinajstić information content (AvgIpc) is 2.44. The van der Waals surface area contributed by atoms with Gasteiger partial charge in [-0.15, -0.1) is 0 Å². The molecule has 1 atom stereocenters. The molecule has 0 amide bonds. The Kier molecular flexibility index (Phi) is 8.85. The third-order valence-electron chi connectivity index (χ3n) is 3.65. The van der Waals surface area contributed by atoms with Crippen LogP contribution in [-0.2, 0) is 9.47 Å². The summed E-state index contributed by atoms with van der Waals surface area (Å²) < 4.78 is 11.0. The van der Waals surface area contributed by atoms with Crippen LogP contribution in [0.3, 0.4) is 0 Å². The Balaban J connectivity index is 2.38. The molecule has 1 aliphatic carbocycles. The Morgan fingerprint density at radius 1 is 1.26 bits per heavy atom. The van der Waals surface area contributed by atoms with E-state index in [1.165, 1.54) is 44.1 Å². The first-order valence-corrected chi connectivity index (χ1v) is 7.90. The summed E-state index contributed by atoms with van der Waals surface area (Å²) in [4.78, 5) is 0. The van der Waals surface area contributed by atoms with Gasteiger partial charge in [-0.25, -0.2) is 0 Å². The normalized spacial score (nSPS) is 20.2. The van der Waals surface area contributed by atoms with Crippen molar-refractivity contribution in [1.29, 1.82) is 0 Å². The lowest BCUT2D eigenvalue weighted by atomic mass is 9.86. The van der Waals surface area contributed by atoms with Crippen LogP contribution < -0.4 is 0 Å². The third kappa shape index (κ3) is 6.93. The van der Waals surface area contributed by atoms with Gasteiger partial charge in [-0.3, -0.25) is 0 Å². The molecule has 0 aromatic heterocycles. The quantitative estimate of drug-likeness (QED) is 0.555. The van der Waals surface area contributed by atoms with Gasteiger partial charge >= 0.3 is 0 Å². The number of allylic oxidation sites excluding steroid dienone is 3. The van der Waals surface area contributed by atoms with E-state index in [4.69, 9.17) is 9.47 Å². The molecule has 1 rings (SSSR count). The van der Waals surface area contributed by atoms with Crippen molar-refractivity contribution in [3.63, 3.8) is 0 Å². The van der Waals surface area contributed by atoms with Gasteiger partial charge in [-0.05, 0) is 45.1 Å². The first kappa shape index (κ1) is 16.5. The fourth-order valence-electron chi connectivity index (χ4n) is 2.51. The number of unbranched alkanes of at least 4 members (excludes halogenated alkanes) is 1. The Morgan fingerprint density at radius 3 is 2.53 bits per heavy atom. The molecule has 1 aliphatic rings. The molecule has 19 heavy (non-hydrogen) atoms. The van der Waals surface area contributed by atoms with Gasteiger partial charge in [0.25, 0.3) is 0 Å². The first-order chi connectivity index (χ1) is 9.30. The zero-order valence-electron chi connectivity index (χ0n) is 12.9. The van der Waals surface area contributed by atoms with Crippen molar-refractivity contribution < 1.29 is 9.47 Å². The van der Waals surface area contributed by atoms with Gasteiger partial charge in [0, 0.05) is 13.2 Å². The predicted octanol–water partition coefficient (Wildman–Crippen LogP) is 4.86. The summed E-state index contributed by atoms with van der Waals surface area (Å²) in [6.45, 7) is 7.64. The van der Waals surface area contributed by atoms with E-state index >= 15 is 0 Å². The van der Waals surface area contributed by atoms with Crippen LogP contribution >= 0.6 is 0 Å². The van der Waals surface area contributed by atoms with E-state index in [2.05, 4.69) is 19.1 Å². The van der Waals surface area contributed by atoms with Gasteiger partial charge in [-0.1, -0.05) is 43.9 Å². The van der Waals surface area contributed by atoms with E-state index in [1.54, 1.807) is 0 Å². The Labute approximate surface area is 118 Å². The maximum atomic E-state index is 5.51. The molecule has 0 aromatic rings. The predicted molar refractivity (Wildman–Crippen MR) is 81.1 cm³/mol. The summed E-state index contributed by atoms with van der Waals surface area (Å²) in [5, 5.41) is 0. The highest BCUT2D eigenvalue weighted by molar-refractivity contribution is 5.21. The van der Waals surface area contributed by atoms with E-state index in [9.17, 15) is 0 Å². The Morgan fingerprint density at radius 2 is 2.00 bits per heavy atom. The summed E-state index contributed by atoms with van der Waals surface area (Å²) in [6.07, 6.45) is 14.3. The molecule has 1 unspecified atom stereocenters. The summed E-state index contributed by atoms with van der Waals surface area (Å²) in [5.41, 5.74) is 1.44. The van der Waals surface area contributed by atoms with E-state index in [-0.39, 0.29) is 6.29 Å². The Bertz CT molecular complexity index is 275. The minimum atomic E-state index is -0.186. The van der Waals surface area contributed by atoms with Crippen molar-refractivity contribution in [2.24, 2.45) is 5.92 Å². The van der Waals surface area contributed by atoms with E-state index in [1.807, 2.05) is 19.9 Å². The molecule has 0 bridgehead atoms. The third-order valence-corrected chi connectivity index (χ3v) is 3.65. The lowest BCUT2D eigenvalue weighted by Gasteiger charge is -2.20. The highest BCUT2D eigenvalue weighted by atomic mass is 16.7. The largest absolute Gasteiger partial charge is 0.349 e. The molecular weight excluding hydrogens is 236 g/mol. The standard InChI is InChI=1S/C17H30O2/c1-4-7-8-15-9-11-16(12-10-15)13-14-17(18-5-2)19-6-3/h11,13-15,17H,4-10,12H2,1-3H3. The zero-order valence-corrected chi connectivity index (χ0v) is 12.9. The monoisotopic (exact) mass is 266 g/mol. The number of hydrogen-bond acceptors (Lipinski definition) is 2. The van der Waals surface area contributed by atoms with Gasteiger partial charge in [0.2, 0.25) is 0 Å². The van der Waals surface area contributed by atoms with Crippen LogP contribution in [0.4, 0.5) is 0 Å². The maximum absolute atomic E-state index is 5.51. The summed E-state index contributed by atoms with van der Waals surface area (Å²) in [7, 11) is 0. The molecule has 0 N–H and O–H groups in total. The van der Waals surface area contributed by atoms with Crippen LogP contribution in [0, 0.1) is 5.92 Å². The topological polar surface area (TPSA) is 18.5 Å². The lowest BCUT2D eigenvalue weighted by Crippen LogP contribution is -2.14. The van der Waals surface area contributed by atoms with Crippen molar-refractivity contribution in [2.75, 3.05) is 13.2 Å². The molecule has 0 aromatic carbocycles. The van der Waals surface area contributed by atoms with Crippen molar-refractivity contribution in [1.82, 2.24) is 0 Å².